The molecule has 2 fully saturated rings. The fourth-order valence-corrected chi connectivity index (χ4v) is 4.37. The Hall–Kier alpha value is -2.83. The van der Waals surface area contributed by atoms with E-state index < -0.39 is 0 Å². The van der Waals surface area contributed by atoms with E-state index in [-0.39, 0.29) is 23.8 Å². The highest BCUT2D eigenvalue weighted by Gasteiger charge is 2.39. The van der Waals surface area contributed by atoms with Gasteiger partial charge < -0.3 is 20.1 Å². The molecule has 30 heavy (non-hydrogen) atoms. The highest BCUT2D eigenvalue weighted by Crippen LogP contribution is 2.36. The number of amides is 2. The highest BCUT2D eigenvalue weighted by atomic mass is 16.2. The zero-order valence-corrected chi connectivity index (χ0v) is 17.8. The Labute approximate surface area is 177 Å². The minimum absolute atomic E-state index is 0.00404. The average Bonchev–Trinajstić information content (AvgIpc) is 3.30. The lowest BCUT2D eigenvalue weighted by Crippen LogP contribution is -2.48. The van der Waals surface area contributed by atoms with E-state index in [9.17, 15) is 9.59 Å². The molecule has 0 radical (unpaired) electrons. The van der Waals surface area contributed by atoms with Crippen LogP contribution < -0.4 is 10.2 Å². The molecule has 1 saturated heterocycles. The lowest BCUT2D eigenvalue weighted by Gasteiger charge is -2.31. The van der Waals surface area contributed by atoms with E-state index in [4.69, 9.17) is 0 Å². The largest absolute Gasteiger partial charge is 0.371 e. The molecule has 0 spiro atoms. The molecule has 2 aromatic heterocycles. The van der Waals surface area contributed by atoms with Crippen LogP contribution in [0.4, 0.5) is 5.69 Å². The molecule has 1 aliphatic carbocycles. The number of likely N-dealkylation sites (N-methyl/N-ethyl adjacent to an activating group) is 1. The fourth-order valence-electron chi connectivity index (χ4n) is 4.37. The first-order valence-corrected chi connectivity index (χ1v) is 10.9. The summed E-state index contributed by atoms with van der Waals surface area (Å²) >= 11 is 0. The second kappa shape index (κ2) is 8.90. The number of hydrogen-bond donors (Lipinski definition) is 2. The molecule has 7 nitrogen and oxygen atoms in total. The standard InChI is InChI=1S/C23H31N5O2/c1-3-18-6-7-20(26-18)22(29)25-14-21(16-4-5-16)27(2)23(30)17-10-13-28(15-17)19-8-11-24-12-9-19/h6-9,11-12,16-17,21,26H,3-5,10,13-15H2,1-2H3,(H,25,29). The first kappa shape index (κ1) is 20.4. The fraction of sp³-hybridized carbons (Fsp3) is 0.522. The molecule has 0 bridgehead atoms. The molecule has 1 saturated carbocycles. The highest BCUT2D eigenvalue weighted by molar-refractivity contribution is 5.92. The van der Waals surface area contributed by atoms with Crippen LogP contribution in [0.5, 0.6) is 0 Å². The summed E-state index contributed by atoms with van der Waals surface area (Å²) in [6.07, 6.45) is 7.54. The summed E-state index contributed by atoms with van der Waals surface area (Å²) in [6, 6.07) is 7.80. The van der Waals surface area contributed by atoms with E-state index in [0.29, 0.717) is 18.2 Å². The molecule has 0 aromatic carbocycles. The Morgan fingerprint density at radius 1 is 1.23 bits per heavy atom. The molecule has 2 atom stereocenters. The molecule has 4 rings (SSSR count). The van der Waals surface area contributed by atoms with Gasteiger partial charge in [0, 0.05) is 50.5 Å². The molecule has 2 aliphatic rings. The zero-order valence-electron chi connectivity index (χ0n) is 17.8. The van der Waals surface area contributed by atoms with Crippen LogP contribution in [0.3, 0.4) is 0 Å². The van der Waals surface area contributed by atoms with Crippen molar-refractivity contribution in [3.8, 4) is 0 Å². The number of carbonyl (C=O) groups is 2. The van der Waals surface area contributed by atoms with E-state index in [1.54, 1.807) is 12.4 Å². The van der Waals surface area contributed by atoms with Gasteiger partial charge in [-0.3, -0.25) is 14.6 Å². The molecule has 160 valence electrons. The smallest absolute Gasteiger partial charge is 0.267 e. The normalized spacial score (nSPS) is 19.5. The number of aromatic amines is 1. The van der Waals surface area contributed by atoms with Gasteiger partial charge in [0.25, 0.3) is 5.91 Å². The van der Waals surface area contributed by atoms with Crippen LogP contribution in [0.1, 0.15) is 42.4 Å². The summed E-state index contributed by atoms with van der Waals surface area (Å²) < 4.78 is 0. The SMILES string of the molecule is CCc1ccc(C(=O)NCC(C2CC2)N(C)C(=O)C2CCN(c3ccncc3)C2)[nH]1. The van der Waals surface area contributed by atoms with Gasteiger partial charge in [-0.1, -0.05) is 6.92 Å². The Morgan fingerprint density at radius 2 is 2.00 bits per heavy atom. The first-order valence-electron chi connectivity index (χ1n) is 10.9. The van der Waals surface area contributed by atoms with Crippen molar-refractivity contribution in [3.05, 3.63) is 48.0 Å². The minimum atomic E-state index is -0.106. The van der Waals surface area contributed by atoms with Crippen LogP contribution in [0.25, 0.3) is 0 Å². The zero-order chi connectivity index (χ0) is 21.1. The number of pyridine rings is 1. The van der Waals surface area contributed by atoms with Crippen molar-refractivity contribution in [1.82, 2.24) is 20.2 Å². The molecule has 2 amide bonds. The van der Waals surface area contributed by atoms with Gasteiger partial charge in [-0.15, -0.1) is 0 Å². The van der Waals surface area contributed by atoms with Gasteiger partial charge in [0.2, 0.25) is 5.91 Å². The average molecular weight is 410 g/mol. The summed E-state index contributed by atoms with van der Waals surface area (Å²) in [6.45, 7) is 4.16. The molecule has 1 aliphatic heterocycles. The van der Waals surface area contributed by atoms with Gasteiger partial charge in [0.1, 0.15) is 5.69 Å². The molecule has 2 aromatic rings. The molecular formula is C23H31N5O2. The summed E-state index contributed by atoms with van der Waals surface area (Å²) in [7, 11) is 1.90. The quantitative estimate of drug-likeness (QED) is 0.702. The van der Waals surface area contributed by atoms with Crippen LogP contribution in [0.15, 0.2) is 36.7 Å². The number of rotatable bonds is 8. The number of anilines is 1. The van der Waals surface area contributed by atoms with Gasteiger partial charge >= 0.3 is 0 Å². The van der Waals surface area contributed by atoms with E-state index in [1.165, 1.54) is 0 Å². The Morgan fingerprint density at radius 3 is 2.67 bits per heavy atom. The van der Waals surface area contributed by atoms with E-state index in [1.807, 2.05) is 36.2 Å². The molecular weight excluding hydrogens is 378 g/mol. The van der Waals surface area contributed by atoms with Crippen molar-refractivity contribution < 1.29 is 9.59 Å². The van der Waals surface area contributed by atoms with Gasteiger partial charge in [0.15, 0.2) is 0 Å². The van der Waals surface area contributed by atoms with Gasteiger partial charge in [0.05, 0.1) is 12.0 Å². The molecule has 7 heteroatoms. The van der Waals surface area contributed by atoms with Gasteiger partial charge in [-0.05, 0) is 55.9 Å². The predicted octanol–water partition coefficient (Wildman–Crippen LogP) is 2.47. The number of nitrogens with zero attached hydrogens (tertiary/aromatic N) is 3. The summed E-state index contributed by atoms with van der Waals surface area (Å²) in [4.78, 5) is 37.1. The third-order valence-corrected chi connectivity index (χ3v) is 6.42. The van der Waals surface area contributed by atoms with Crippen LogP contribution >= 0.6 is 0 Å². The maximum Gasteiger partial charge on any atom is 0.267 e. The lowest BCUT2D eigenvalue weighted by molar-refractivity contribution is -0.136. The number of aromatic nitrogens is 2. The van der Waals surface area contributed by atoms with Gasteiger partial charge in [-0.25, -0.2) is 0 Å². The molecule has 2 unspecified atom stereocenters. The Bertz CT molecular complexity index is 877. The minimum Gasteiger partial charge on any atom is -0.371 e. The summed E-state index contributed by atoms with van der Waals surface area (Å²) in [5.74, 6) is 0.555. The Balaban J connectivity index is 1.34. The maximum atomic E-state index is 13.2. The third kappa shape index (κ3) is 4.50. The second-order valence-electron chi connectivity index (χ2n) is 8.45. The van der Waals surface area contributed by atoms with Crippen LogP contribution in [-0.4, -0.2) is 59.4 Å². The monoisotopic (exact) mass is 409 g/mol. The number of hydrogen-bond acceptors (Lipinski definition) is 4. The topological polar surface area (TPSA) is 81.3 Å². The summed E-state index contributed by atoms with van der Waals surface area (Å²) in [5.41, 5.74) is 2.75. The first-order chi connectivity index (χ1) is 14.6. The number of aryl methyl sites for hydroxylation is 1. The van der Waals surface area contributed by atoms with Crippen molar-refractivity contribution in [2.24, 2.45) is 11.8 Å². The summed E-state index contributed by atoms with van der Waals surface area (Å²) in [5, 5.41) is 3.04. The number of carbonyl (C=O) groups excluding carboxylic acids is 2. The van der Waals surface area contributed by atoms with Crippen LogP contribution in [-0.2, 0) is 11.2 Å². The lowest BCUT2D eigenvalue weighted by atomic mass is 10.0. The van der Waals surface area contributed by atoms with Crippen LogP contribution in [0.2, 0.25) is 0 Å². The van der Waals surface area contributed by atoms with Crippen molar-refractivity contribution in [3.63, 3.8) is 0 Å². The van der Waals surface area contributed by atoms with Crippen molar-refractivity contribution in [2.45, 2.75) is 38.6 Å². The predicted molar refractivity (Wildman–Crippen MR) is 116 cm³/mol. The Kier molecular flexibility index (Phi) is 6.06. The maximum absolute atomic E-state index is 13.2. The second-order valence-corrected chi connectivity index (χ2v) is 8.45. The third-order valence-electron chi connectivity index (χ3n) is 6.42. The van der Waals surface area contributed by atoms with Crippen molar-refractivity contribution >= 4 is 17.5 Å². The van der Waals surface area contributed by atoms with Crippen molar-refractivity contribution in [1.29, 1.82) is 0 Å². The van der Waals surface area contributed by atoms with Crippen LogP contribution in [0, 0.1) is 11.8 Å². The van der Waals surface area contributed by atoms with Gasteiger partial charge in [-0.2, -0.15) is 0 Å². The number of nitrogens with one attached hydrogen (secondary N) is 2. The van der Waals surface area contributed by atoms with Crippen molar-refractivity contribution in [2.75, 3.05) is 31.6 Å². The number of H-pyrrole nitrogens is 1. The van der Waals surface area contributed by atoms with E-state index >= 15 is 0 Å². The molecule has 2 N–H and O–H groups in total. The molecule has 3 heterocycles. The van der Waals surface area contributed by atoms with E-state index in [2.05, 4.69) is 27.1 Å². The van der Waals surface area contributed by atoms with E-state index in [0.717, 1.165) is 50.2 Å².